The SMILES string of the molecule is CCCCc1nc2nc(C)ccc2n1Cc1ccc(-c2ccccc2C(=O)O)cc1. The Hall–Kier alpha value is -3.47. The van der Waals surface area contributed by atoms with Gasteiger partial charge >= 0.3 is 5.97 Å². The van der Waals surface area contributed by atoms with Crippen molar-refractivity contribution >= 4 is 17.1 Å². The van der Waals surface area contributed by atoms with Gasteiger partial charge in [-0.3, -0.25) is 0 Å². The lowest BCUT2D eigenvalue weighted by atomic mass is 9.99. The van der Waals surface area contributed by atoms with Crippen LogP contribution in [0.4, 0.5) is 0 Å². The molecule has 4 rings (SSSR count). The molecule has 0 aliphatic carbocycles. The molecule has 0 fully saturated rings. The van der Waals surface area contributed by atoms with Crippen LogP contribution in [0.25, 0.3) is 22.3 Å². The van der Waals surface area contributed by atoms with Crippen LogP contribution in [0.2, 0.25) is 0 Å². The second-order valence-electron chi connectivity index (χ2n) is 7.56. The predicted octanol–water partition coefficient (Wildman–Crippen LogP) is 5.50. The van der Waals surface area contributed by atoms with Crippen LogP contribution in [0.3, 0.4) is 0 Å². The van der Waals surface area contributed by atoms with Gasteiger partial charge in [0.1, 0.15) is 5.82 Å². The summed E-state index contributed by atoms with van der Waals surface area (Å²) in [4.78, 5) is 20.9. The maximum absolute atomic E-state index is 11.5. The predicted molar refractivity (Wildman–Crippen MR) is 119 cm³/mol. The molecule has 30 heavy (non-hydrogen) atoms. The molecule has 0 spiro atoms. The minimum absolute atomic E-state index is 0.314. The summed E-state index contributed by atoms with van der Waals surface area (Å²) >= 11 is 0. The van der Waals surface area contributed by atoms with Crippen molar-refractivity contribution in [1.82, 2.24) is 14.5 Å². The molecule has 2 aromatic carbocycles. The van der Waals surface area contributed by atoms with E-state index >= 15 is 0 Å². The summed E-state index contributed by atoms with van der Waals surface area (Å²) in [7, 11) is 0. The molecule has 0 saturated carbocycles. The van der Waals surface area contributed by atoms with E-state index in [4.69, 9.17) is 4.98 Å². The number of aryl methyl sites for hydroxylation is 2. The first kappa shape index (κ1) is 19.8. The molecule has 4 aromatic rings. The van der Waals surface area contributed by atoms with Crippen LogP contribution in [0.15, 0.2) is 60.7 Å². The van der Waals surface area contributed by atoms with E-state index in [9.17, 15) is 9.90 Å². The number of hydrogen-bond acceptors (Lipinski definition) is 3. The first-order valence-electron chi connectivity index (χ1n) is 10.3. The Bertz CT molecular complexity index is 1190. The van der Waals surface area contributed by atoms with E-state index in [1.165, 1.54) is 0 Å². The van der Waals surface area contributed by atoms with Gasteiger partial charge in [0.15, 0.2) is 5.65 Å². The van der Waals surface area contributed by atoms with Crippen LogP contribution in [-0.2, 0) is 13.0 Å². The van der Waals surface area contributed by atoms with Crippen LogP contribution in [0, 0.1) is 6.92 Å². The molecule has 0 saturated heterocycles. The molecule has 0 aliphatic rings. The number of carboxylic acids is 1. The number of fused-ring (bicyclic) bond motifs is 1. The topological polar surface area (TPSA) is 68.0 Å². The second kappa shape index (κ2) is 8.49. The van der Waals surface area contributed by atoms with E-state index < -0.39 is 5.97 Å². The summed E-state index contributed by atoms with van der Waals surface area (Å²) < 4.78 is 2.25. The highest BCUT2D eigenvalue weighted by atomic mass is 16.4. The average molecular weight is 399 g/mol. The highest BCUT2D eigenvalue weighted by Gasteiger charge is 2.13. The highest BCUT2D eigenvalue weighted by Crippen LogP contribution is 2.25. The lowest BCUT2D eigenvalue weighted by Gasteiger charge is -2.11. The fourth-order valence-electron chi connectivity index (χ4n) is 3.75. The lowest BCUT2D eigenvalue weighted by molar-refractivity contribution is 0.0697. The van der Waals surface area contributed by atoms with Gasteiger partial charge in [0, 0.05) is 18.7 Å². The van der Waals surface area contributed by atoms with E-state index in [0.29, 0.717) is 12.1 Å². The average Bonchev–Trinajstić information content (AvgIpc) is 3.09. The van der Waals surface area contributed by atoms with Gasteiger partial charge in [-0.05, 0) is 48.2 Å². The number of aromatic carboxylic acids is 1. The Balaban J connectivity index is 1.67. The summed E-state index contributed by atoms with van der Waals surface area (Å²) in [5.41, 5.74) is 5.90. The molecule has 1 N–H and O–H groups in total. The molecule has 0 atom stereocenters. The Morgan fingerprint density at radius 1 is 1.00 bits per heavy atom. The molecule has 5 heteroatoms. The number of imidazole rings is 1. The minimum atomic E-state index is -0.914. The van der Waals surface area contributed by atoms with E-state index in [2.05, 4.69) is 34.7 Å². The van der Waals surface area contributed by atoms with Gasteiger partial charge in [-0.15, -0.1) is 0 Å². The number of benzene rings is 2. The quantitative estimate of drug-likeness (QED) is 0.446. The van der Waals surface area contributed by atoms with E-state index in [1.807, 2.05) is 37.3 Å². The number of carbonyl (C=O) groups is 1. The summed E-state index contributed by atoms with van der Waals surface area (Å²) in [6.07, 6.45) is 3.14. The van der Waals surface area contributed by atoms with Crippen LogP contribution in [-0.4, -0.2) is 25.6 Å². The largest absolute Gasteiger partial charge is 0.478 e. The van der Waals surface area contributed by atoms with Crippen molar-refractivity contribution in [1.29, 1.82) is 0 Å². The molecule has 0 bridgehead atoms. The van der Waals surface area contributed by atoms with Crippen molar-refractivity contribution in [3.8, 4) is 11.1 Å². The van der Waals surface area contributed by atoms with Crippen molar-refractivity contribution in [3.63, 3.8) is 0 Å². The molecule has 2 aromatic heterocycles. The van der Waals surface area contributed by atoms with Gasteiger partial charge in [0.25, 0.3) is 0 Å². The van der Waals surface area contributed by atoms with Crippen molar-refractivity contribution in [2.75, 3.05) is 0 Å². The summed E-state index contributed by atoms with van der Waals surface area (Å²) in [5.74, 6) is 0.146. The Morgan fingerprint density at radius 3 is 2.50 bits per heavy atom. The number of rotatable bonds is 7. The van der Waals surface area contributed by atoms with E-state index in [-0.39, 0.29) is 0 Å². The number of hydrogen-bond donors (Lipinski definition) is 1. The number of aromatic nitrogens is 3. The Labute approximate surface area is 176 Å². The smallest absolute Gasteiger partial charge is 0.336 e. The highest BCUT2D eigenvalue weighted by molar-refractivity contribution is 5.96. The Morgan fingerprint density at radius 2 is 1.77 bits per heavy atom. The van der Waals surface area contributed by atoms with Gasteiger partial charge in [-0.1, -0.05) is 55.8 Å². The maximum Gasteiger partial charge on any atom is 0.336 e. The number of pyridine rings is 1. The zero-order chi connectivity index (χ0) is 21.1. The monoisotopic (exact) mass is 399 g/mol. The fourth-order valence-corrected chi connectivity index (χ4v) is 3.75. The molecule has 0 radical (unpaired) electrons. The molecule has 0 unspecified atom stereocenters. The lowest BCUT2D eigenvalue weighted by Crippen LogP contribution is -2.05. The third-order valence-corrected chi connectivity index (χ3v) is 5.35. The van der Waals surface area contributed by atoms with Gasteiger partial charge in [0.05, 0.1) is 11.1 Å². The van der Waals surface area contributed by atoms with Crippen LogP contribution < -0.4 is 0 Å². The molecular formula is C25H25N3O2. The first-order valence-corrected chi connectivity index (χ1v) is 10.3. The van der Waals surface area contributed by atoms with Crippen LogP contribution in [0.1, 0.15) is 47.2 Å². The fraction of sp³-hybridized carbons (Fsp3) is 0.240. The molecule has 0 amide bonds. The molecule has 2 heterocycles. The maximum atomic E-state index is 11.5. The van der Waals surface area contributed by atoms with Gasteiger partial charge < -0.3 is 9.67 Å². The molecule has 5 nitrogen and oxygen atoms in total. The standard InChI is InChI=1S/C25H25N3O2/c1-3-4-9-23-27-24-22(15-10-17(2)26-24)28(23)16-18-11-13-19(14-12-18)20-7-5-6-8-21(20)25(29)30/h5-8,10-15H,3-4,9,16H2,1-2H3,(H,29,30). The van der Waals surface area contributed by atoms with Crippen LogP contribution in [0.5, 0.6) is 0 Å². The van der Waals surface area contributed by atoms with Crippen molar-refractivity contribution in [3.05, 3.63) is 83.3 Å². The number of carboxylic acid groups (broad SMARTS) is 1. The number of unbranched alkanes of at least 4 members (excludes halogenated alkanes) is 1. The van der Waals surface area contributed by atoms with Gasteiger partial charge in [-0.2, -0.15) is 0 Å². The van der Waals surface area contributed by atoms with Crippen molar-refractivity contribution < 1.29 is 9.90 Å². The van der Waals surface area contributed by atoms with Crippen molar-refractivity contribution in [2.45, 2.75) is 39.7 Å². The minimum Gasteiger partial charge on any atom is -0.478 e. The van der Waals surface area contributed by atoms with Gasteiger partial charge in [0.2, 0.25) is 0 Å². The normalized spacial score (nSPS) is 11.1. The zero-order valence-electron chi connectivity index (χ0n) is 17.3. The molecular weight excluding hydrogens is 374 g/mol. The summed E-state index contributed by atoms with van der Waals surface area (Å²) in [6, 6.07) is 19.3. The summed E-state index contributed by atoms with van der Waals surface area (Å²) in [5, 5.41) is 9.46. The number of nitrogens with zero attached hydrogens (tertiary/aromatic N) is 3. The van der Waals surface area contributed by atoms with E-state index in [1.54, 1.807) is 12.1 Å². The second-order valence-corrected chi connectivity index (χ2v) is 7.56. The third kappa shape index (κ3) is 3.96. The van der Waals surface area contributed by atoms with Gasteiger partial charge in [-0.25, -0.2) is 14.8 Å². The zero-order valence-corrected chi connectivity index (χ0v) is 17.3. The Kier molecular flexibility index (Phi) is 5.61. The van der Waals surface area contributed by atoms with E-state index in [0.717, 1.165) is 58.6 Å². The first-order chi connectivity index (χ1) is 14.6. The third-order valence-electron chi connectivity index (χ3n) is 5.35. The van der Waals surface area contributed by atoms with Crippen LogP contribution >= 0.6 is 0 Å². The van der Waals surface area contributed by atoms with Crippen molar-refractivity contribution in [2.24, 2.45) is 0 Å². The summed E-state index contributed by atoms with van der Waals surface area (Å²) in [6.45, 7) is 4.88. The molecule has 152 valence electrons. The molecule has 0 aliphatic heterocycles.